The molecule has 0 saturated carbocycles. The largest absolute Gasteiger partial charge is 0.573 e. The zero-order valence-electron chi connectivity index (χ0n) is 14.4. The van der Waals surface area contributed by atoms with Gasteiger partial charge in [0.25, 0.3) is 0 Å². The number of benzene rings is 1. The summed E-state index contributed by atoms with van der Waals surface area (Å²) in [6.45, 7) is 5.75. The van der Waals surface area contributed by atoms with E-state index >= 15 is 0 Å². The predicted molar refractivity (Wildman–Crippen MR) is 95.5 cm³/mol. The third-order valence-corrected chi connectivity index (χ3v) is 3.88. The lowest BCUT2D eigenvalue weighted by Crippen LogP contribution is -2.17. The van der Waals surface area contributed by atoms with Crippen LogP contribution in [0.25, 0.3) is 11.0 Å². The molecular formula is C19H16F3N3O2. The van der Waals surface area contributed by atoms with Gasteiger partial charge in [0, 0.05) is 18.1 Å². The van der Waals surface area contributed by atoms with Crippen LogP contribution in [0.5, 0.6) is 5.75 Å². The number of halogens is 3. The van der Waals surface area contributed by atoms with Crippen LogP contribution in [0.1, 0.15) is 11.1 Å². The molecule has 2 heterocycles. The molecule has 0 bridgehead atoms. The minimum Gasteiger partial charge on any atom is -0.406 e. The van der Waals surface area contributed by atoms with Crippen molar-refractivity contribution in [3.63, 3.8) is 0 Å². The molecule has 1 amide bonds. The van der Waals surface area contributed by atoms with Crippen molar-refractivity contribution in [1.29, 1.82) is 0 Å². The van der Waals surface area contributed by atoms with Gasteiger partial charge in [0.15, 0.2) is 0 Å². The number of carbonyl (C=O) groups excluding carboxylic acids is 1. The number of aryl methyl sites for hydroxylation is 1. The molecule has 0 saturated heterocycles. The van der Waals surface area contributed by atoms with Crippen LogP contribution in [0.15, 0.2) is 55.4 Å². The van der Waals surface area contributed by atoms with Crippen molar-refractivity contribution in [1.82, 2.24) is 9.55 Å². The molecule has 27 heavy (non-hydrogen) atoms. The minimum absolute atomic E-state index is 0.263. The number of nitrogens with zero attached hydrogens (tertiary/aromatic N) is 2. The minimum atomic E-state index is -4.71. The van der Waals surface area contributed by atoms with E-state index in [1.165, 1.54) is 18.2 Å². The SMILES string of the molecule is C=CC(=O)Nc1cnc2c(c1)c(C)cn2Cc1ccc(OC(F)(F)F)cc1. The van der Waals surface area contributed by atoms with E-state index in [2.05, 4.69) is 21.6 Å². The molecular weight excluding hydrogens is 359 g/mol. The molecule has 3 rings (SSSR count). The van der Waals surface area contributed by atoms with Crippen molar-refractivity contribution >= 4 is 22.6 Å². The molecule has 0 atom stereocenters. The lowest BCUT2D eigenvalue weighted by atomic mass is 10.2. The number of pyridine rings is 1. The Kier molecular flexibility index (Phi) is 4.89. The van der Waals surface area contributed by atoms with Gasteiger partial charge in [-0.3, -0.25) is 4.79 Å². The van der Waals surface area contributed by atoms with Gasteiger partial charge in [0.05, 0.1) is 11.9 Å². The Balaban J connectivity index is 1.83. The van der Waals surface area contributed by atoms with Gasteiger partial charge in [-0.25, -0.2) is 4.98 Å². The van der Waals surface area contributed by atoms with E-state index in [1.54, 1.807) is 18.3 Å². The molecule has 0 spiro atoms. The molecule has 3 aromatic rings. The molecule has 0 radical (unpaired) electrons. The van der Waals surface area contributed by atoms with E-state index in [1.807, 2.05) is 23.8 Å². The fourth-order valence-electron chi connectivity index (χ4n) is 2.72. The molecule has 0 fully saturated rings. The molecule has 2 aromatic heterocycles. The number of alkyl halides is 3. The number of aromatic nitrogens is 2. The monoisotopic (exact) mass is 375 g/mol. The van der Waals surface area contributed by atoms with Gasteiger partial charge in [-0.2, -0.15) is 0 Å². The van der Waals surface area contributed by atoms with Gasteiger partial charge >= 0.3 is 6.36 Å². The summed E-state index contributed by atoms with van der Waals surface area (Å²) in [7, 11) is 0. The summed E-state index contributed by atoms with van der Waals surface area (Å²) in [5.41, 5.74) is 3.03. The number of nitrogens with one attached hydrogen (secondary N) is 1. The third-order valence-electron chi connectivity index (χ3n) is 3.88. The third kappa shape index (κ3) is 4.46. The van der Waals surface area contributed by atoms with Gasteiger partial charge in [-0.1, -0.05) is 18.7 Å². The van der Waals surface area contributed by atoms with Crippen molar-refractivity contribution in [2.45, 2.75) is 19.8 Å². The van der Waals surface area contributed by atoms with Crippen molar-refractivity contribution in [2.75, 3.05) is 5.32 Å². The number of carbonyl (C=O) groups is 1. The Labute approximate surface area is 153 Å². The summed E-state index contributed by atoms with van der Waals surface area (Å²) in [5.74, 6) is -0.588. The molecule has 0 unspecified atom stereocenters. The summed E-state index contributed by atoms with van der Waals surface area (Å²) < 4.78 is 42.5. The Morgan fingerprint density at radius 3 is 2.67 bits per heavy atom. The van der Waals surface area contributed by atoms with Crippen LogP contribution in [0, 0.1) is 6.92 Å². The molecule has 1 aromatic carbocycles. The number of hydrogen-bond donors (Lipinski definition) is 1. The van der Waals surface area contributed by atoms with Crippen LogP contribution in [0.3, 0.4) is 0 Å². The first-order chi connectivity index (χ1) is 12.7. The summed E-state index contributed by atoms with van der Waals surface area (Å²) in [6, 6.07) is 7.51. The number of hydrogen-bond acceptors (Lipinski definition) is 3. The van der Waals surface area contributed by atoms with Gasteiger partial charge < -0.3 is 14.6 Å². The maximum atomic E-state index is 12.2. The summed E-state index contributed by atoms with van der Waals surface area (Å²) in [6.07, 6.45) is -0.0941. The first-order valence-electron chi connectivity index (χ1n) is 7.99. The van der Waals surface area contributed by atoms with Crippen molar-refractivity contribution < 1.29 is 22.7 Å². The Morgan fingerprint density at radius 2 is 2.04 bits per heavy atom. The summed E-state index contributed by atoms with van der Waals surface area (Å²) in [4.78, 5) is 15.8. The van der Waals surface area contributed by atoms with Gasteiger partial charge in [0.1, 0.15) is 11.4 Å². The van der Waals surface area contributed by atoms with E-state index in [4.69, 9.17) is 0 Å². The zero-order chi connectivity index (χ0) is 19.6. The highest BCUT2D eigenvalue weighted by Gasteiger charge is 2.30. The maximum Gasteiger partial charge on any atom is 0.573 e. The van der Waals surface area contributed by atoms with Crippen molar-refractivity contribution in [3.05, 3.63) is 66.5 Å². The van der Waals surface area contributed by atoms with Crippen LogP contribution in [-0.2, 0) is 11.3 Å². The Bertz CT molecular complexity index is 992. The normalized spacial score (nSPS) is 11.4. The van der Waals surface area contributed by atoms with E-state index in [0.29, 0.717) is 17.9 Å². The standard InChI is InChI=1S/C19H16F3N3O2/c1-3-17(26)24-14-8-16-12(2)10-25(18(16)23-9-14)11-13-4-6-15(7-5-13)27-19(20,21)22/h3-10H,1,11H2,2H3,(H,24,26). The van der Waals surface area contributed by atoms with Gasteiger partial charge in [0.2, 0.25) is 5.91 Å². The van der Waals surface area contributed by atoms with Crippen molar-refractivity contribution in [2.24, 2.45) is 0 Å². The number of fused-ring (bicyclic) bond motifs is 1. The topological polar surface area (TPSA) is 56.2 Å². The quantitative estimate of drug-likeness (QED) is 0.672. The lowest BCUT2D eigenvalue weighted by molar-refractivity contribution is -0.274. The number of rotatable bonds is 5. The molecule has 140 valence electrons. The fourth-order valence-corrected chi connectivity index (χ4v) is 2.72. The summed E-state index contributed by atoms with van der Waals surface area (Å²) in [5, 5.41) is 3.53. The molecule has 0 aliphatic rings. The van der Waals surface area contributed by atoms with E-state index in [9.17, 15) is 18.0 Å². The zero-order valence-corrected chi connectivity index (χ0v) is 14.4. The second kappa shape index (κ2) is 7.14. The molecule has 0 aliphatic carbocycles. The van der Waals surface area contributed by atoms with Crippen LogP contribution < -0.4 is 10.1 Å². The number of ether oxygens (including phenoxy) is 1. The van der Waals surface area contributed by atoms with Crippen LogP contribution in [0.2, 0.25) is 0 Å². The second-order valence-corrected chi connectivity index (χ2v) is 5.92. The predicted octanol–water partition coefficient (Wildman–Crippen LogP) is 4.42. The van der Waals surface area contributed by atoms with Crippen LogP contribution in [-0.4, -0.2) is 21.8 Å². The lowest BCUT2D eigenvalue weighted by Gasteiger charge is -2.10. The molecule has 5 nitrogen and oxygen atoms in total. The number of amides is 1. The molecule has 0 aliphatic heterocycles. The molecule has 8 heteroatoms. The van der Waals surface area contributed by atoms with E-state index in [0.717, 1.165) is 16.5 Å². The maximum absolute atomic E-state index is 12.2. The van der Waals surface area contributed by atoms with Crippen LogP contribution in [0.4, 0.5) is 18.9 Å². The Morgan fingerprint density at radius 1 is 1.33 bits per heavy atom. The molecule has 1 N–H and O–H groups in total. The highest BCUT2D eigenvalue weighted by Crippen LogP contribution is 2.25. The van der Waals surface area contributed by atoms with Gasteiger partial charge in [-0.05, 0) is 42.3 Å². The van der Waals surface area contributed by atoms with Crippen LogP contribution >= 0.6 is 0 Å². The number of anilines is 1. The van der Waals surface area contributed by atoms with Gasteiger partial charge in [-0.15, -0.1) is 13.2 Å². The van der Waals surface area contributed by atoms with E-state index < -0.39 is 6.36 Å². The highest BCUT2D eigenvalue weighted by molar-refractivity contribution is 6.00. The smallest absolute Gasteiger partial charge is 0.406 e. The Hall–Kier alpha value is -3.29. The summed E-state index contributed by atoms with van der Waals surface area (Å²) >= 11 is 0. The average molecular weight is 375 g/mol. The first kappa shape index (κ1) is 18.5. The fraction of sp³-hybridized carbons (Fsp3) is 0.158. The average Bonchev–Trinajstić information content (AvgIpc) is 2.91. The highest BCUT2D eigenvalue weighted by atomic mass is 19.4. The second-order valence-electron chi connectivity index (χ2n) is 5.92. The van der Waals surface area contributed by atoms with E-state index in [-0.39, 0.29) is 11.7 Å². The first-order valence-corrected chi connectivity index (χ1v) is 7.99. The van der Waals surface area contributed by atoms with Crippen molar-refractivity contribution in [3.8, 4) is 5.75 Å².